The Morgan fingerprint density at radius 1 is 1.44 bits per heavy atom. The van der Waals surface area contributed by atoms with Crippen molar-refractivity contribution in [2.24, 2.45) is 0 Å². The molecule has 1 aliphatic heterocycles. The van der Waals surface area contributed by atoms with Gasteiger partial charge in [-0.3, -0.25) is 5.10 Å². The van der Waals surface area contributed by atoms with Gasteiger partial charge >= 0.3 is 0 Å². The summed E-state index contributed by atoms with van der Waals surface area (Å²) in [5, 5.41) is 7.81. The number of aromatic amines is 1. The molecule has 0 saturated carbocycles. The molecule has 1 saturated heterocycles. The van der Waals surface area contributed by atoms with Crippen molar-refractivity contribution in [2.75, 3.05) is 26.7 Å². The van der Waals surface area contributed by atoms with Crippen LogP contribution < -0.4 is 4.74 Å². The molecule has 5 heteroatoms. The lowest BCUT2D eigenvalue weighted by Crippen LogP contribution is -2.38. The maximum atomic E-state index is 13.8. The van der Waals surface area contributed by atoms with Crippen LogP contribution in [0.25, 0.3) is 10.9 Å². The Kier molecular flexibility index (Phi) is 2.91. The normalized spacial score (nSPS) is 15.9. The van der Waals surface area contributed by atoms with Crippen LogP contribution in [-0.2, 0) is 6.42 Å². The number of likely N-dealkylation sites (tertiary alicyclic amines) is 1. The molecule has 3 rings (SSSR count). The van der Waals surface area contributed by atoms with Gasteiger partial charge in [-0.2, -0.15) is 5.10 Å². The summed E-state index contributed by atoms with van der Waals surface area (Å²) in [4.78, 5) is 2.37. The summed E-state index contributed by atoms with van der Waals surface area (Å²) < 4.78 is 18.9. The van der Waals surface area contributed by atoms with Crippen LogP contribution in [0, 0.1) is 5.82 Å². The lowest BCUT2D eigenvalue weighted by atomic mass is 10.1. The molecule has 0 amide bonds. The van der Waals surface area contributed by atoms with Crippen LogP contribution in [0.5, 0.6) is 5.75 Å². The van der Waals surface area contributed by atoms with E-state index in [9.17, 15) is 4.39 Å². The molecule has 2 aromatic rings. The Balaban J connectivity index is 1.88. The lowest BCUT2D eigenvalue weighted by Gasteiger charge is -2.30. The molecule has 1 aromatic heterocycles. The average Bonchev–Trinajstić information content (AvgIpc) is 2.71. The number of rotatable bonds is 4. The topological polar surface area (TPSA) is 41.1 Å². The number of ether oxygens (including phenoxy) is 1. The molecule has 0 atom stereocenters. The number of hydrogen-bond donors (Lipinski definition) is 1. The summed E-state index contributed by atoms with van der Waals surface area (Å²) in [6.07, 6.45) is 2.12. The zero-order chi connectivity index (χ0) is 12.5. The first-order chi connectivity index (χ1) is 8.78. The van der Waals surface area contributed by atoms with Gasteiger partial charge < -0.3 is 9.64 Å². The van der Waals surface area contributed by atoms with Crippen molar-refractivity contribution >= 4 is 10.9 Å². The largest absolute Gasteiger partial charge is 0.497 e. The summed E-state index contributed by atoms with van der Waals surface area (Å²) >= 11 is 0. The minimum Gasteiger partial charge on any atom is -0.497 e. The van der Waals surface area contributed by atoms with Crippen molar-refractivity contribution in [3.8, 4) is 5.75 Å². The van der Waals surface area contributed by atoms with Crippen LogP contribution in [0.15, 0.2) is 12.1 Å². The van der Waals surface area contributed by atoms with E-state index in [1.165, 1.54) is 25.6 Å². The molecule has 96 valence electrons. The minimum atomic E-state index is -0.313. The first-order valence-corrected chi connectivity index (χ1v) is 6.21. The van der Waals surface area contributed by atoms with Crippen LogP contribution in [-0.4, -0.2) is 41.8 Å². The van der Waals surface area contributed by atoms with Gasteiger partial charge in [-0.1, -0.05) is 0 Å². The Labute approximate surface area is 105 Å². The quantitative estimate of drug-likeness (QED) is 0.900. The third-order valence-electron chi connectivity index (χ3n) is 3.53. The zero-order valence-electron chi connectivity index (χ0n) is 10.4. The highest BCUT2D eigenvalue weighted by molar-refractivity contribution is 5.83. The van der Waals surface area contributed by atoms with Crippen molar-refractivity contribution in [1.29, 1.82) is 0 Å². The van der Waals surface area contributed by atoms with Crippen LogP contribution in [0.2, 0.25) is 0 Å². The molecule has 0 radical (unpaired) electrons. The van der Waals surface area contributed by atoms with Crippen molar-refractivity contribution in [3.63, 3.8) is 0 Å². The van der Waals surface area contributed by atoms with Gasteiger partial charge in [0.1, 0.15) is 11.3 Å². The van der Waals surface area contributed by atoms with Crippen molar-refractivity contribution in [1.82, 2.24) is 15.1 Å². The molecule has 2 heterocycles. The van der Waals surface area contributed by atoms with E-state index >= 15 is 0 Å². The van der Waals surface area contributed by atoms with Gasteiger partial charge in [-0.05, 0) is 25.6 Å². The van der Waals surface area contributed by atoms with Crippen molar-refractivity contribution in [2.45, 2.75) is 12.8 Å². The van der Waals surface area contributed by atoms with Crippen LogP contribution in [0.4, 0.5) is 4.39 Å². The van der Waals surface area contributed by atoms with Gasteiger partial charge in [0.15, 0.2) is 5.82 Å². The molecule has 1 N–H and O–H groups in total. The molecule has 18 heavy (non-hydrogen) atoms. The van der Waals surface area contributed by atoms with E-state index in [4.69, 9.17) is 4.74 Å². The monoisotopic (exact) mass is 249 g/mol. The second kappa shape index (κ2) is 4.57. The third-order valence-corrected chi connectivity index (χ3v) is 3.53. The highest BCUT2D eigenvalue weighted by Gasteiger charge is 2.16. The highest BCUT2D eigenvalue weighted by atomic mass is 19.1. The number of aromatic nitrogens is 2. The van der Waals surface area contributed by atoms with Crippen LogP contribution in [0.3, 0.4) is 0 Å². The number of benzene rings is 1. The maximum absolute atomic E-state index is 13.8. The van der Waals surface area contributed by atoms with E-state index in [-0.39, 0.29) is 5.82 Å². The smallest absolute Gasteiger partial charge is 0.152 e. The third kappa shape index (κ3) is 1.95. The SMILES string of the molecule is COc1cc(F)c2[nH]nc(CCN3CCC3)c2c1. The Bertz CT molecular complexity index is 563. The molecule has 1 aliphatic rings. The first-order valence-electron chi connectivity index (χ1n) is 6.21. The molecule has 0 aliphatic carbocycles. The number of nitrogens with one attached hydrogen (secondary N) is 1. The molecule has 0 unspecified atom stereocenters. The second-order valence-electron chi connectivity index (χ2n) is 4.65. The summed E-state index contributed by atoms with van der Waals surface area (Å²) in [6, 6.07) is 3.22. The average molecular weight is 249 g/mol. The molecule has 0 bridgehead atoms. The van der Waals surface area contributed by atoms with Gasteiger partial charge in [-0.25, -0.2) is 4.39 Å². The maximum Gasteiger partial charge on any atom is 0.152 e. The summed E-state index contributed by atoms with van der Waals surface area (Å²) in [5.74, 6) is 0.221. The fourth-order valence-electron chi connectivity index (χ4n) is 2.28. The van der Waals surface area contributed by atoms with Crippen molar-refractivity contribution in [3.05, 3.63) is 23.6 Å². The predicted molar refractivity (Wildman–Crippen MR) is 67.4 cm³/mol. The molecular formula is C13H16FN3O. The number of H-pyrrole nitrogens is 1. The number of fused-ring (bicyclic) bond motifs is 1. The van der Waals surface area contributed by atoms with E-state index in [0.717, 1.165) is 24.0 Å². The van der Waals surface area contributed by atoms with Gasteiger partial charge in [0, 0.05) is 24.4 Å². The molecule has 0 spiro atoms. The summed E-state index contributed by atoms with van der Waals surface area (Å²) in [7, 11) is 1.54. The van der Waals surface area contributed by atoms with Gasteiger partial charge in [-0.15, -0.1) is 0 Å². The van der Waals surface area contributed by atoms with Crippen LogP contribution >= 0.6 is 0 Å². The predicted octanol–water partition coefficient (Wildman–Crippen LogP) is 1.96. The van der Waals surface area contributed by atoms with Gasteiger partial charge in [0.2, 0.25) is 0 Å². The Morgan fingerprint density at radius 3 is 2.94 bits per heavy atom. The molecule has 1 fully saturated rings. The summed E-state index contributed by atoms with van der Waals surface area (Å²) in [6.45, 7) is 3.32. The van der Waals surface area contributed by atoms with E-state index in [1.54, 1.807) is 7.11 Å². The Hall–Kier alpha value is -1.62. The lowest BCUT2D eigenvalue weighted by molar-refractivity contribution is 0.183. The molecular weight excluding hydrogens is 233 g/mol. The number of methoxy groups -OCH3 is 1. The fourth-order valence-corrected chi connectivity index (χ4v) is 2.28. The van der Waals surface area contributed by atoms with Gasteiger partial charge in [0.25, 0.3) is 0 Å². The fraction of sp³-hybridized carbons (Fsp3) is 0.462. The number of halogens is 1. The summed E-state index contributed by atoms with van der Waals surface area (Å²) in [5.41, 5.74) is 1.38. The highest BCUT2D eigenvalue weighted by Crippen LogP contribution is 2.25. The van der Waals surface area contributed by atoms with Crippen LogP contribution in [0.1, 0.15) is 12.1 Å². The van der Waals surface area contributed by atoms with Crippen molar-refractivity contribution < 1.29 is 9.13 Å². The Morgan fingerprint density at radius 2 is 2.28 bits per heavy atom. The number of nitrogens with zero attached hydrogens (tertiary/aromatic N) is 2. The first kappa shape index (κ1) is 11.5. The molecule has 4 nitrogen and oxygen atoms in total. The van der Waals surface area contributed by atoms with Gasteiger partial charge in [0.05, 0.1) is 12.8 Å². The number of hydrogen-bond acceptors (Lipinski definition) is 3. The standard InChI is InChI=1S/C13H16FN3O/c1-18-9-7-10-12(3-6-17-4-2-5-17)15-16-13(10)11(14)8-9/h7-8H,2-6H2,1H3,(H,15,16). The van der Waals surface area contributed by atoms with E-state index in [2.05, 4.69) is 15.1 Å². The van der Waals surface area contributed by atoms with E-state index < -0.39 is 0 Å². The zero-order valence-corrected chi connectivity index (χ0v) is 10.4. The minimum absolute atomic E-state index is 0.313. The second-order valence-corrected chi connectivity index (χ2v) is 4.65. The molecule has 1 aromatic carbocycles. The van der Waals surface area contributed by atoms with E-state index in [0.29, 0.717) is 11.3 Å². The van der Waals surface area contributed by atoms with E-state index in [1.807, 2.05) is 6.07 Å².